The maximum Gasteiger partial charge on any atom is 0.253 e. The van der Waals surface area contributed by atoms with Crippen molar-refractivity contribution < 1.29 is 13.2 Å². The van der Waals surface area contributed by atoms with Crippen molar-refractivity contribution in [3.63, 3.8) is 0 Å². The summed E-state index contributed by atoms with van der Waals surface area (Å²) >= 11 is 0. The second kappa shape index (κ2) is 7.24. The molecule has 0 atom stereocenters. The van der Waals surface area contributed by atoms with Gasteiger partial charge in [-0.3, -0.25) is 4.79 Å². The summed E-state index contributed by atoms with van der Waals surface area (Å²) in [6.07, 6.45) is 3.05. The van der Waals surface area contributed by atoms with E-state index in [1.165, 1.54) is 12.1 Å². The molecule has 1 aromatic rings. The summed E-state index contributed by atoms with van der Waals surface area (Å²) in [6.45, 7) is 1.85. The van der Waals surface area contributed by atoms with Crippen LogP contribution in [0.4, 0.5) is 0 Å². The fourth-order valence-electron chi connectivity index (χ4n) is 2.41. The molecule has 118 valence electrons. The highest BCUT2D eigenvalue weighted by molar-refractivity contribution is 7.90. The molecule has 0 unspecified atom stereocenters. The first kappa shape index (κ1) is 17.9. The van der Waals surface area contributed by atoms with Crippen molar-refractivity contribution in [2.75, 3.05) is 26.4 Å². The zero-order valence-corrected chi connectivity index (χ0v) is 13.8. The Kier molecular flexibility index (Phi) is 6.19. The predicted molar refractivity (Wildman–Crippen MR) is 84.8 cm³/mol. The van der Waals surface area contributed by atoms with Crippen LogP contribution in [0, 0.1) is 0 Å². The molecule has 0 spiro atoms. The lowest BCUT2D eigenvalue weighted by molar-refractivity contribution is 0.0703. The molecule has 0 saturated carbocycles. The maximum absolute atomic E-state index is 12.4. The normalized spacial score (nSPS) is 16.1. The highest BCUT2D eigenvalue weighted by Crippen LogP contribution is 2.16. The zero-order chi connectivity index (χ0) is 14.8. The first-order valence-electron chi connectivity index (χ1n) is 6.67. The van der Waals surface area contributed by atoms with E-state index >= 15 is 0 Å². The Morgan fingerprint density at radius 1 is 1.19 bits per heavy atom. The van der Waals surface area contributed by atoms with Crippen LogP contribution >= 0.6 is 12.4 Å². The van der Waals surface area contributed by atoms with E-state index in [4.69, 9.17) is 0 Å². The van der Waals surface area contributed by atoms with Crippen molar-refractivity contribution in [3.8, 4) is 0 Å². The number of amides is 1. The Morgan fingerprint density at radius 3 is 2.19 bits per heavy atom. The van der Waals surface area contributed by atoms with Gasteiger partial charge in [0.2, 0.25) is 0 Å². The van der Waals surface area contributed by atoms with Crippen molar-refractivity contribution >= 4 is 28.2 Å². The summed E-state index contributed by atoms with van der Waals surface area (Å²) in [5.41, 5.74) is 0.526. The number of carbonyl (C=O) groups excluding carboxylic acids is 1. The third kappa shape index (κ3) is 4.43. The molecular weight excluding hydrogens is 312 g/mol. The lowest BCUT2D eigenvalue weighted by Gasteiger charge is -2.31. The van der Waals surface area contributed by atoms with Gasteiger partial charge in [-0.1, -0.05) is 0 Å². The molecule has 1 heterocycles. The second-order valence-corrected chi connectivity index (χ2v) is 7.21. The van der Waals surface area contributed by atoms with Crippen LogP contribution in [0.15, 0.2) is 29.2 Å². The molecule has 1 fully saturated rings. The van der Waals surface area contributed by atoms with Gasteiger partial charge in [0.05, 0.1) is 4.90 Å². The number of hydrogen-bond acceptors (Lipinski definition) is 4. The van der Waals surface area contributed by atoms with Gasteiger partial charge in [0, 0.05) is 24.9 Å². The largest absolute Gasteiger partial charge is 0.339 e. The van der Waals surface area contributed by atoms with Crippen molar-refractivity contribution in [2.24, 2.45) is 0 Å². The first-order valence-corrected chi connectivity index (χ1v) is 8.57. The van der Waals surface area contributed by atoms with Gasteiger partial charge in [-0.2, -0.15) is 0 Å². The third-order valence-electron chi connectivity index (χ3n) is 3.71. The molecule has 0 bridgehead atoms. The van der Waals surface area contributed by atoms with Gasteiger partial charge in [-0.15, -0.1) is 12.4 Å². The van der Waals surface area contributed by atoms with E-state index in [9.17, 15) is 13.2 Å². The highest BCUT2D eigenvalue weighted by atomic mass is 35.5. The van der Waals surface area contributed by atoms with Crippen LogP contribution in [0.3, 0.4) is 0 Å². The summed E-state index contributed by atoms with van der Waals surface area (Å²) in [5, 5.41) is 3.27. The molecule has 5 nitrogen and oxygen atoms in total. The summed E-state index contributed by atoms with van der Waals surface area (Å²) in [7, 11) is -1.41. The number of nitrogens with zero attached hydrogens (tertiary/aromatic N) is 1. The van der Waals surface area contributed by atoms with Crippen molar-refractivity contribution in [2.45, 2.75) is 23.8 Å². The molecular formula is C14H21ClN2O3S. The number of sulfone groups is 1. The van der Waals surface area contributed by atoms with Gasteiger partial charge in [0.25, 0.3) is 5.91 Å². The molecule has 0 radical (unpaired) electrons. The SMILES string of the molecule is CN(C(=O)c1ccc(S(C)(=O)=O)cc1)C1CCNCC1.Cl. The minimum absolute atomic E-state index is 0. The molecule has 1 aliphatic heterocycles. The van der Waals surface area contributed by atoms with Gasteiger partial charge in [-0.25, -0.2) is 8.42 Å². The van der Waals surface area contributed by atoms with Crippen LogP contribution in [0.1, 0.15) is 23.2 Å². The summed E-state index contributed by atoms with van der Waals surface area (Å²) < 4.78 is 22.8. The van der Waals surface area contributed by atoms with Gasteiger partial charge in [0.15, 0.2) is 9.84 Å². The number of hydrogen-bond donors (Lipinski definition) is 1. The molecule has 1 aromatic carbocycles. The molecule has 0 aliphatic carbocycles. The second-order valence-electron chi connectivity index (χ2n) is 5.19. The van der Waals surface area contributed by atoms with E-state index in [1.54, 1.807) is 17.0 Å². The topological polar surface area (TPSA) is 66.5 Å². The summed E-state index contributed by atoms with van der Waals surface area (Å²) in [5.74, 6) is -0.0584. The van der Waals surface area contributed by atoms with E-state index in [0.717, 1.165) is 32.2 Å². The van der Waals surface area contributed by atoms with Gasteiger partial charge in [-0.05, 0) is 50.2 Å². The van der Waals surface area contributed by atoms with Gasteiger partial charge < -0.3 is 10.2 Å². The average molecular weight is 333 g/mol. The Bertz CT molecular complexity index is 581. The van der Waals surface area contributed by atoms with Crippen LogP contribution in [-0.2, 0) is 9.84 Å². The smallest absolute Gasteiger partial charge is 0.253 e. The molecule has 1 amide bonds. The Balaban J connectivity index is 0.00000220. The Hall–Kier alpha value is -1.11. The fourth-order valence-corrected chi connectivity index (χ4v) is 3.04. The van der Waals surface area contributed by atoms with E-state index in [0.29, 0.717) is 5.56 Å². The number of rotatable bonds is 3. The lowest BCUT2D eigenvalue weighted by Crippen LogP contribution is -2.43. The molecule has 7 heteroatoms. The summed E-state index contributed by atoms with van der Waals surface area (Å²) in [4.78, 5) is 14.4. The van der Waals surface area contributed by atoms with Crippen LogP contribution in [0.5, 0.6) is 0 Å². The molecule has 0 aromatic heterocycles. The van der Waals surface area contributed by atoms with E-state index in [2.05, 4.69) is 5.32 Å². The van der Waals surface area contributed by atoms with Crippen molar-refractivity contribution in [1.29, 1.82) is 0 Å². The predicted octanol–water partition coefficient (Wildman–Crippen LogP) is 1.34. The monoisotopic (exact) mass is 332 g/mol. The molecule has 21 heavy (non-hydrogen) atoms. The Morgan fingerprint density at radius 2 is 1.71 bits per heavy atom. The van der Waals surface area contributed by atoms with Crippen LogP contribution in [-0.4, -0.2) is 51.7 Å². The Labute approximate surface area is 132 Å². The number of carbonyl (C=O) groups is 1. The minimum atomic E-state index is -3.22. The van der Waals surface area contributed by atoms with Crippen LogP contribution in [0.2, 0.25) is 0 Å². The van der Waals surface area contributed by atoms with Gasteiger partial charge in [0.1, 0.15) is 0 Å². The molecule has 2 rings (SSSR count). The van der Waals surface area contributed by atoms with Crippen LogP contribution < -0.4 is 5.32 Å². The maximum atomic E-state index is 12.4. The average Bonchev–Trinajstić information content (AvgIpc) is 2.46. The number of benzene rings is 1. The van der Waals surface area contributed by atoms with Crippen molar-refractivity contribution in [3.05, 3.63) is 29.8 Å². The fraction of sp³-hybridized carbons (Fsp3) is 0.500. The summed E-state index contributed by atoms with van der Waals surface area (Å²) in [6, 6.07) is 6.38. The molecule has 1 saturated heterocycles. The van der Waals surface area contributed by atoms with E-state index in [-0.39, 0.29) is 29.3 Å². The number of piperidine rings is 1. The van der Waals surface area contributed by atoms with E-state index < -0.39 is 9.84 Å². The third-order valence-corrected chi connectivity index (χ3v) is 4.83. The quantitative estimate of drug-likeness (QED) is 0.907. The van der Waals surface area contributed by atoms with E-state index in [1.807, 2.05) is 7.05 Å². The first-order chi connectivity index (χ1) is 9.39. The molecule has 1 N–H and O–H groups in total. The number of halogens is 1. The lowest BCUT2D eigenvalue weighted by atomic mass is 10.0. The van der Waals surface area contributed by atoms with Crippen molar-refractivity contribution in [1.82, 2.24) is 10.2 Å². The van der Waals surface area contributed by atoms with Crippen LogP contribution in [0.25, 0.3) is 0 Å². The standard InChI is InChI=1S/C14H20N2O3S.ClH/c1-16(12-7-9-15-10-8-12)14(17)11-3-5-13(6-4-11)20(2,18)19;/h3-6,12,15H,7-10H2,1-2H3;1H. The molecule has 1 aliphatic rings. The minimum Gasteiger partial charge on any atom is -0.339 e. The zero-order valence-electron chi connectivity index (χ0n) is 12.2. The number of nitrogens with one attached hydrogen (secondary N) is 1. The highest BCUT2D eigenvalue weighted by Gasteiger charge is 2.22. The van der Waals surface area contributed by atoms with Gasteiger partial charge >= 0.3 is 0 Å².